The van der Waals surface area contributed by atoms with Gasteiger partial charge in [-0.05, 0) is 110 Å². The molecule has 0 radical (unpaired) electrons. The molecule has 2 aliphatic rings. The number of fused-ring (bicyclic) bond motifs is 1. The van der Waals surface area contributed by atoms with E-state index in [0.29, 0.717) is 54.4 Å². The number of hydrogen-bond acceptors (Lipinski definition) is 8. The van der Waals surface area contributed by atoms with E-state index in [-0.39, 0.29) is 36.3 Å². The van der Waals surface area contributed by atoms with Crippen LogP contribution in [0.3, 0.4) is 0 Å². The zero-order valence-electron chi connectivity index (χ0n) is 29.7. The number of nitrogens with two attached hydrogens (primary N) is 1. The van der Waals surface area contributed by atoms with Crippen LogP contribution in [-0.2, 0) is 22.6 Å². The lowest BCUT2D eigenvalue weighted by Gasteiger charge is -2.24. The zero-order chi connectivity index (χ0) is 37.0. The summed E-state index contributed by atoms with van der Waals surface area (Å²) in [5.74, 6) is 0.553. The lowest BCUT2D eigenvalue weighted by atomic mass is 10.1. The predicted octanol–water partition coefficient (Wildman–Crippen LogP) is 5.49. The molecule has 4 aromatic rings. The number of aromatic nitrogens is 1. The maximum atomic E-state index is 13.5. The van der Waals surface area contributed by atoms with Crippen LogP contribution in [0.15, 0.2) is 91.3 Å². The summed E-state index contributed by atoms with van der Waals surface area (Å²) in [5, 5.41) is 8.61. The van der Waals surface area contributed by atoms with Gasteiger partial charge in [0.2, 0.25) is 5.91 Å². The number of unbranched alkanes of at least 4 members (excludes halogenated alkanes) is 4. The molecule has 1 aliphatic heterocycles. The Labute approximate surface area is 309 Å². The van der Waals surface area contributed by atoms with Crippen LogP contribution in [0, 0.1) is 0 Å². The summed E-state index contributed by atoms with van der Waals surface area (Å²) in [5.41, 5.74) is 10.2. The van der Waals surface area contributed by atoms with Crippen LogP contribution in [0.5, 0.6) is 11.5 Å². The van der Waals surface area contributed by atoms with Crippen molar-refractivity contribution < 1.29 is 28.7 Å². The van der Waals surface area contributed by atoms with Crippen molar-refractivity contribution in [3.8, 4) is 11.5 Å². The second kappa shape index (κ2) is 18.1. The summed E-state index contributed by atoms with van der Waals surface area (Å²) < 4.78 is 11.4. The number of nitrogens with zero attached hydrogens (tertiary/aromatic N) is 2. The van der Waals surface area contributed by atoms with Crippen molar-refractivity contribution in [2.24, 2.45) is 5.73 Å². The van der Waals surface area contributed by atoms with Crippen molar-refractivity contribution in [3.05, 3.63) is 114 Å². The Hall–Kier alpha value is -5.75. The van der Waals surface area contributed by atoms with Crippen molar-refractivity contribution in [2.75, 3.05) is 30.4 Å². The lowest BCUT2D eigenvalue weighted by molar-refractivity contribution is -0.122. The first kappa shape index (κ1) is 37.0. The fraction of sp³-hybridized carbons (Fsp3) is 0.341. The number of amides is 4. The van der Waals surface area contributed by atoms with Crippen LogP contribution in [0.25, 0.3) is 0 Å². The molecule has 6 rings (SSSR count). The standard InChI is InChI=1S/C41H46N6O6/c42-35(24-28-18-21-43-22-19-28)40(50)44-20-4-2-1-3-5-23-52-34-15-11-32(12-16-34)45-39(49)30-8-6-29(7-9-30)26-47(33-13-14-33)41(51)31-10-17-36-37(25-31)53-27-38(48)46-36/h6-12,15-19,21-22,25,33,35H,1-5,13-14,20,23-24,26-27,42H2,(H,44,50)(H,45,49)(H,46,48)/t35-/m0/s1. The van der Waals surface area contributed by atoms with Crippen molar-refractivity contribution in [2.45, 2.75) is 70.0 Å². The Balaban J connectivity index is 0.864. The van der Waals surface area contributed by atoms with Gasteiger partial charge in [0.25, 0.3) is 17.7 Å². The van der Waals surface area contributed by atoms with Crippen molar-refractivity contribution >= 4 is 35.0 Å². The molecule has 276 valence electrons. The minimum atomic E-state index is -0.564. The molecule has 0 spiro atoms. The van der Waals surface area contributed by atoms with E-state index in [1.54, 1.807) is 42.7 Å². The van der Waals surface area contributed by atoms with Crippen LogP contribution in [0.2, 0.25) is 0 Å². The maximum Gasteiger partial charge on any atom is 0.262 e. The summed E-state index contributed by atoms with van der Waals surface area (Å²) in [4.78, 5) is 56.1. The lowest BCUT2D eigenvalue weighted by Crippen LogP contribution is -2.42. The van der Waals surface area contributed by atoms with E-state index in [1.165, 1.54) is 0 Å². The number of pyridine rings is 1. The van der Waals surface area contributed by atoms with Gasteiger partial charge < -0.3 is 36.1 Å². The van der Waals surface area contributed by atoms with Gasteiger partial charge in [0.05, 0.1) is 18.3 Å². The first-order valence-corrected chi connectivity index (χ1v) is 18.3. The minimum absolute atomic E-state index is 0.0730. The smallest absolute Gasteiger partial charge is 0.262 e. The van der Waals surface area contributed by atoms with Gasteiger partial charge in [-0.15, -0.1) is 0 Å². The first-order valence-electron chi connectivity index (χ1n) is 18.3. The van der Waals surface area contributed by atoms with E-state index in [1.807, 2.05) is 53.4 Å². The Bertz CT molecular complexity index is 1860. The second-order valence-electron chi connectivity index (χ2n) is 13.5. The van der Waals surface area contributed by atoms with Crippen molar-refractivity contribution in [3.63, 3.8) is 0 Å². The molecule has 0 saturated heterocycles. The van der Waals surface area contributed by atoms with Gasteiger partial charge in [-0.25, -0.2) is 0 Å². The SMILES string of the molecule is N[C@@H](Cc1ccncc1)C(=O)NCCCCCCCOc1ccc(NC(=O)c2ccc(CN(C(=O)c3ccc4c(c3)OCC(=O)N4)C3CC3)cc2)cc1. The molecule has 1 aromatic heterocycles. The molecule has 0 bridgehead atoms. The Morgan fingerprint density at radius 3 is 2.36 bits per heavy atom. The highest BCUT2D eigenvalue weighted by Gasteiger charge is 2.33. The van der Waals surface area contributed by atoms with Gasteiger partial charge in [0.1, 0.15) is 11.5 Å². The number of benzene rings is 3. The van der Waals surface area contributed by atoms with Gasteiger partial charge in [-0.2, -0.15) is 0 Å². The third kappa shape index (κ3) is 10.9. The minimum Gasteiger partial charge on any atom is -0.494 e. The van der Waals surface area contributed by atoms with Crippen LogP contribution in [0.4, 0.5) is 11.4 Å². The molecule has 1 fully saturated rings. The average Bonchev–Trinajstić information content (AvgIpc) is 4.02. The number of carbonyl (C=O) groups is 4. The second-order valence-corrected chi connectivity index (χ2v) is 13.5. The first-order chi connectivity index (χ1) is 25.8. The highest BCUT2D eigenvalue weighted by Crippen LogP contribution is 2.33. The van der Waals surface area contributed by atoms with Crippen molar-refractivity contribution in [1.82, 2.24) is 15.2 Å². The van der Waals surface area contributed by atoms with Gasteiger partial charge in [-0.1, -0.05) is 31.4 Å². The predicted molar refractivity (Wildman–Crippen MR) is 202 cm³/mol. The normalized spacial score (nSPS) is 13.9. The third-order valence-electron chi connectivity index (χ3n) is 9.22. The molecule has 1 saturated carbocycles. The summed E-state index contributed by atoms with van der Waals surface area (Å²) in [6.07, 6.45) is 10.7. The number of ether oxygens (including phenoxy) is 2. The number of rotatable bonds is 18. The van der Waals surface area contributed by atoms with Gasteiger partial charge >= 0.3 is 0 Å². The van der Waals surface area contributed by atoms with Crippen molar-refractivity contribution in [1.29, 1.82) is 0 Å². The average molecular weight is 719 g/mol. The van der Waals surface area contributed by atoms with Crippen LogP contribution < -0.4 is 31.2 Å². The van der Waals surface area contributed by atoms with E-state index >= 15 is 0 Å². The molecule has 12 heteroatoms. The Kier molecular flexibility index (Phi) is 12.7. The van der Waals surface area contributed by atoms with E-state index in [9.17, 15) is 19.2 Å². The monoisotopic (exact) mass is 718 g/mol. The van der Waals surface area contributed by atoms with E-state index in [0.717, 1.165) is 61.8 Å². The van der Waals surface area contributed by atoms with E-state index in [4.69, 9.17) is 15.2 Å². The Morgan fingerprint density at radius 2 is 1.60 bits per heavy atom. The van der Waals surface area contributed by atoms with Crippen LogP contribution >= 0.6 is 0 Å². The molecule has 3 aromatic carbocycles. The summed E-state index contributed by atoms with van der Waals surface area (Å²) in [6, 6.07) is 23.0. The largest absolute Gasteiger partial charge is 0.494 e. The van der Waals surface area contributed by atoms with Gasteiger partial charge in [0.15, 0.2) is 6.61 Å². The molecule has 2 heterocycles. The molecular formula is C41H46N6O6. The molecule has 4 amide bonds. The summed E-state index contributed by atoms with van der Waals surface area (Å²) >= 11 is 0. The molecule has 0 unspecified atom stereocenters. The zero-order valence-corrected chi connectivity index (χ0v) is 29.7. The molecule has 12 nitrogen and oxygen atoms in total. The molecule has 53 heavy (non-hydrogen) atoms. The molecular weight excluding hydrogens is 672 g/mol. The Morgan fingerprint density at radius 1 is 0.887 bits per heavy atom. The van der Waals surface area contributed by atoms with Gasteiger partial charge in [0, 0.05) is 48.3 Å². The van der Waals surface area contributed by atoms with Gasteiger partial charge in [-0.3, -0.25) is 24.2 Å². The number of hydrogen-bond donors (Lipinski definition) is 4. The fourth-order valence-electron chi connectivity index (χ4n) is 6.08. The highest BCUT2D eigenvalue weighted by atomic mass is 16.5. The third-order valence-corrected chi connectivity index (χ3v) is 9.22. The molecule has 1 atom stereocenters. The fourth-order valence-corrected chi connectivity index (χ4v) is 6.08. The molecule has 1 aliphatic carbocycles. The van der Waals surface area contributed by atoms with Crippen LogP contribution in [0.1, 0.15) is 76.8 Å². The quantitative estimate of drug-likeness (QED) is 0.0982. The van der Waals surface area contributed by atoms with E-state index in [2.05, 4.69) is 20.9 Å². The van der Waals surface area contributed by atoms with E-state index < -0.39 is 6.04 Å². The van der Waals surface area contributed by atoms with Crippen LogP contribution in [-0.4, -0.2) is 65.4 Å². The maximum absolute atomic E-state index is 13.5. The summed E-state index contributed by atoms with van der Waals surface area (Å²) in [7, 11) is 0. The molecule has 5 N–H and O–H groups in total. The number of anilines is 2. The number of carbonyl (C=O) groups excluding carboxylic acids is 4. The number of nitrogens with one attached hydrogen (secondary N) is 3. The topological polar surface area (TPSA) is 165 Å². The summed E-state index contributed by atoms with van der Waals surface area (Å²) in [6.45, 7) is 1.57. The highest BCUT2D eigenvalue weighted by molar-refractivity contribution is 6.04.